The van der Waals surface area contributed by atoms with E-state index in [-0.39, 0.29) is 46.7 Å². The minimum atomic E-state index is -1.33. The summed E-state index contributed by atoms with van der Waals surface area (Å²) in [7, 11) is 0. The molecule has 0 radical (unpaired) electrons. The molecule has 0 unspecified atom stereocenters. The summed E-state index contributed by atoms with van der Waals surface area (Å²) in [6, 6.07) is 11.4. The van der Waals surface area contributed by atoms with Crippen molar-refractivity contribution in [1.82, 2.24) is 4.98 Å². The zero-order valence-electron chi connectivity index (χ0n) is 9.27. The Labute approximate surface area is 120 Å². The van der Waals surface area contributed by atoms with Gasteiger partial charge < -0.3 is 14.9 Å². The van der Waals surface area contributed by atoms with Crippen molar-refractivity contribution in [2.75, 3.05) is 0 Å². The molecule has 5 heteroatoms. The van der Waals surface area contributed by atoms with E-state index in [1.807, 2.05) is 0 Å². The molecule has 0 aliphatic heterocycles. The topological polar surface area (TPSA) is 73.0 Å². The molecule has 0 spiro atoms. The Kier molecular flexibility index (Phi) is 4.69. The number of carbonyl (C=O) groups excluding carboxylic acids is 2. The number of H-pyrrole nitrogens is 1. The van der Waals surface area contributed by atoms with Crippen molar-refractivity contribution in [2.24, 2.45) is 0 Å². The normalized spacial score (nSPS) is 9.41. The Balaban J connectivity index is 0.00000144. The molecule has 0 amide bonds. The number of aromatic nitrogens is 1. The van der Waals surface area contributed by atoms with Gasteiger partial charge in [-0.3, -0.25) is 4.79 Å². The van der Waals surface area contributed by atoms with Gasteiger partial charge in [-0.1, -0.05) is 30.3 Å². The average molecular weight is 237 g/mol. The van der Waals surface area contributed by atoms with E-state index >= 15 is 0 Å². The predicted octanol–water partition coefficient (Wildman–Crippen LogP) is -2.39. The molecule has 4 nitrogen and oxygen atoms in total. The summed E-state index contributed by atoms with van der Waals surface area (Å²) in [6.45, 7) is 0. The van der Waals surface area contributed by atoms with Gasteiger partial charge in [-0.2, -0.15) is 0 Å². The van der Waals surface area contributed by atoms with Crippen LogP contribution in [0.2, 0.25) is 0 Å². The minimum absolute atomic E-state index is 0. The number of ketones is 1. The Hall–Kier alpha value is -1.36. The molecule has 0 aliphatic carbocycles. The molecule has 0 saturated carbocycles. The van der Waals surface area contributed by atoms with Crippen molar-refractivity contribution < 1.29 is 44.3 Å². The van der Waals surface area contributed by atoms with Crippen LogP contribution in [-0.4, -0.2) is 16.7 Å². The van der Waals surface area contributed by atoms with Crippen molar-refractivity contribution >= 4 is 11.8 Å². The zero-order valence-corrected chi connectivity index (χ0v) is 11.3. The van der Waals surface area contributed by atoms with Crippen LogP contribution in [0.5, 0.6) is 0 Å². The van der Waals surface area contributed by atoms with Crippen LogP contribution in [0.4, 0.5) is 0 Å². The van der Waals surface area contributed by atoms with Gasteiger partial charge in [0.25, 0.3) is 0 Å². The molecule has 17 heavy (non-hydrogen) atoms. The van der Waals surface area contributed by atoms with Crippen LogP contribution in [0.3, 0.4) is 0 Å². The summed E-state index contributed by atoms with van der Waals surface area (Å²) < 4.78 is 0. The van der Waals surface area contributed by atoms with Gasteiger partial charge >= 0.3 is 29.6 Å². The third-order valence-electron chi connectivity index (χ3n) is 2.19. The standard InChI is InChI=1S/C12H9NO3.Na/c14-11(8-4-2-1-3-5-8)9-6-7-10(13-9)12(15)16;/h1-7,13H,(H,15,16);/q;+1/p-1. The monoisotopic (exact) mass is 237 g/mol. The number of rotatable bonds is 3. The SMILES string of the molecule is O=C([O-])c1ccc(C(=O)c2ccccc2)[nH]1.[Na+]. The fourth-order valence-corrected chi connectivity index (χ4v) is 1.39. The molecule has 0 atom stereocenters. The summed E-state index contributed by atoms with van der Waals surface area (Å²) in [5, 5.41) is 10.5. The number of carboxylic acid groups (broad SMARTS) is 1. The molecule has 0 saturated heterocycles. The first-order chi connectivity index (χ1) is 7.68. The fourth-order valence-electron chi connectivity index (χ4n) is 1.39. The Morgan fingerprint density at radius 1 is 0.941 bits per heavy atom. The van der Waals surface area contributed by atoms with Gasteiger partial charge in [0, 0.05) is 5.56 Å². The number of aromatic carboxylic acids is 1. The summed E-state index contributed by atoms with van der Waals surface area (Å²) in [6.07, 6.45) is 0. The molecule has 1 aromatic carbocycles. The van der Waals surface area contributed by atoms with Gasteiger partial charge in [0.05, 0.1) is 17.4 Å². The van der Waals surface area contributed by atoms with E-state index in [2.05, 4.69) is 4.98 Å². The molecule has 0 aliphatic rings. The average Bonchev–Trinajstić information content (AvgIpc) is 2.78. The first-order valence-corrected chi connectivity index (χ1v) is 4.68. The molecule has 0 bridgehead atoms. The molecule has 1 N–H and O–H groups in total. The molecule has 2 aromatic rings. The number of nitrogens with one attached hydrogen (secondary N) is 1. The van der Waals surface area contributed by atoms with Crippen LogP contribution in [0.25, 0.3) is 0 Å². The van der Waals surface area contributed by atoms with Gasteiger partial charge in [-0.05, 0) is 12.1 Å². The maximum atomic E-state index is 11.8. The maximum Gasteiger partial charge on any atom is 1.00 e. The quantitative estimate of drug-likeness (QED) is 0.478. The third-order valence-corrected chi connectivity index (χ3v) is 2.19. The van der Waals surface area contributed by atoms with Crippen molar-refractivity contribution in [2.45, 2.75) is 0 Å². The second-order valence-corrected chi connectivity index (χ2v) is 3.27. The van der Waals surface area contributed by atoms with Gasteiger partial charge in [0.2, 0.25) is 5.78 Å². The smallest absolute Gasteiger partial charge is 0.543 e. The predicted molar refractivity (Wildman–Crippen MR) is 55.0 cm³/mol. The van der Waals surface area contributed by atoms with Gasteiger partial charge in [0.15, 0.2) is 0 Å². The Morgan fingerprint density at radius 3 is 2.06 bits per heavy atom. The number of carboxylic acids is 1. The van der Waals surface area contributed by atoms with E-state index in [9.17, 15) is 14.7 Å². The van der Waals surface area contributed by atoms with Crippen molar-refractivity contribution in [3.8, 4) is 0 Å². The van der Waals surface area contributed by atoms with Crippen molar-refractivity contribution in [3.63, 3.8) is 0 Å². The van der Waals surface area contributed by atoms with E-state index in [1.54, 1.807) is 30.3 Å². The summed E-state index contributed by atoms with van der Waals surface area (Å²) >= 11 is 0. The van der Waals surface area contributed by atoms with Crippen molar-refractivity contribution in [3.05, 3.63) is 59.4 Å². The molecule has 2 rings (SSSR count). The first kappa shape index (κ1) is 13.7. The van der Waals surface area contributed by atoms with E-state index < -0.39 is 5.97 Å². The molecular formula is C12H8NNaO3. The molecule has 80 valence electrons. The summed E-state index contributed by atoms with van der Waals surface area (Å²) in [4.78, 5) is 24.9. The number of carbonyl (C=O) groups is 2. The second kappa shape index (κ2) is 5.82. The minimum Gasteiger partial charge on any atom is -0.543 e. The first-order valence-electron chi connectivity index (χ1n) is 4.68. The summed E-state index contributed by atoms with van der Waals surface area (Å²) in [5.41, 5.74) is 0.652. The van der Waals surface area contributed by atoms with Gasteiger partial charge in [-0.15, -0.1) is 0 Å². The number of aromatic amines is 1. The zero-order chi connectivity index (χ0) is 11.5. The van der Waals surface area contributed by atoms with Crippen LogP contribution in [0.15, 0.2) is 42.5 Å². The van der Waals surface area contributed by atoms with Crippen LogP contribution in [0, 0.1) is 0 Å². The van der Waals surface area contributed by atoms with Crippen LogP contribution in [-0.2, 0) is 0 Å². The van der Waals surface area contributed by atoms with E-state index in [0.717, 1.165) is 0 Å². The van der Waals surface area contributed by atoms with E-state index in [0.29, 0.717) is 5.56 Å². The molecule has 1 heterocycles. The largest absolute Gasteiger partial charge is 1.00 e. The van der Waals surface area contributed by atoms with E-state index in [4.69, 9.17) is 0 Å². The van der Waals surface area contributed by atoms with E-state index in [1.165, 1.54) is 12.1 Å². The number of hydrogen-bond donors (Lipinski definition) is 1. The molecule has 1 aromatic heterocycles. The number of benzene rings is 1. The maximum absolute atomic E-state index is 11.8. The third kappa shape index (κ3) is 3.06. The summed E-state index contributed by atoms with van der Waals surface area (Å²) in [5.74, 6) is -1.57. The Morgan fingerprint density at radius 2 is 1.53 bits per heavy atom. The Bertz CT molecular complexity index is 534. The molecular weight excluding hydrogens is 229 g/mol. The van der Waals surface area contributed by atoms with Crippen LogP contribution in [0.1, 0.15) is 26.5 Å². The van der Waals surface area contributed by atoms with Crippen LogP contribution < -0.4 is 34.7 Å². The number of hydrogen-bond acceptors (Lipinski definition) is 3. The van der Waals surface area contributed by atoms with Gasteiger partial charge in [0.1, 0.15) is 0 Å². The second-order valence-electron chi connectivity index (χ2n) is 3.27. The van der Waals surface area contributed by atoms with Crippen LogP contribution >= 0.6 is 0 Å². The van der Waals surface area contributed by atoms with Gasteiger partial charge in [-0.25, -0.2) is 0 Å². The van der Waals surface area contributed by atoms with Crippen molar-refractivity contribution in [1.29, 1.82) is 0 Å². The fraction of sp³-hybridized carbons (Fsp3) is 0. The molecule has 0 fully saturated rings.